The Balaban J connectivity index is 1.92. The molecule has 0 aromatic heterocycles. The summed E-state index contributed by atoms with van der Waals surface area (Å²) < 4.78 is 38.1. The second-order valence-corrected chi connectivity index (χ2v) is 6.17. The molecule has 2 aromatic rings. The normalized spacial score (nSPS) is 13.4. The van der Waals surface area contributed by atoms with Crippen molar-refractivity contribution in [3.63, 3.8) is 0 Å². The summed E-state index contributed by atoms with van der Waals surface area (Å²) in [6.07, 6.45) is -0.0529. The standard InChI is InChI=1S/C20H23F3N2/c1-25(2)19(14-16-7-4-3-5-8-16)15-24-12-11-17-9-6-10-18(13-17)20(21,22)23/h3-13,19,24H,14-15H2,1-2H3/b12-11+. The van der Waals surface area contributed by atoms with E-state index in [1.54, 1.807) is 18.3 Å². The van der Waals surface area contributed by atoms with Crippen molar-refractivity contribution in [2.75, 3.05) is 20.6 Å². The maximum Gasteiger partial charge on any atom is 0.416 e. The number of hydrogen-bond donors (Lipinski definition) is 1. The Morgan fingerprint density at radius 2 is 1.76 bits per heavy atom. The van der Waals surface area contributed by atoms with Crippen LogP contribution < -0.4 is 5.32 Å². The van der Waals surface area contributed by atoms with Gasteiger partial charge in [-0.05, 0) is 56.1 Å². The highest BCUT2D eigenvalue weighted by molar-refractivity contribution is 5.50. The van der Waals surface area contributed by atoms with Crippen molar-refractivity contribution in [3.8, 4) is 0 Å². The zero-order chi connectivity index (χ0) is 18.3. The Morgan fingerprint density at radius 1 is 1.04 bits per heavy atom. The number of rotatable bonds is 7. The first-order valence-electron chi connectivity index (χ1n) is 8.14. The van der Waals surface area contributed by atoms with Gasteiger partial charge < -0.3 is 10.2 Å². The van der Waals surface area contributed by atoms with E-state index in [9.17, 15) is 13.2 Å². The van der Waals surface area contributed by atoms with Crippen LogP contribution in [0.5, 0.6) is 0 Å². The van der Waals surface area contributed by atoms with Crippen LogP contribution in [0.1, 0.15) is 16.7 Å². The largest absolute Gasteiger partial charge is 0.416 e. The van der Waals surface area contributed by atoms with Gasteiger partial charge in [-0.1, -0.05) is 42.5 Å². The molecule has 0 bridgehead atoms. The zero-order valence-corrected chi connectivity index (χ0v) is 14.4. The van der Waals surface area contributed by atoms with Crippen molar-refractivity contribution >= 4 is 6.08 Å². The fraction of sp³-hybridized carbons (Fsp3) is 0.300. The van der Waals surface area contributed by atoms with Crippen LogP contribution in [0.2, 0.25) is 0 Å². The van der Waals surface area contributed by atoms with Crippen LogP contribution in [0.4, 0.5) is 13.2 Å². The Morgan fingerprint density at radius 3 is 2.40 bits per heavy atom. The Kier molecular flexibility index (Phi) is 6.65. The molecule has 5 heteroatoms. The average Bonchev–Trinajstić information content (AvgIpc) is 2.58. The number of halogens is 3. The number of likely N-dealkylation sites (N-methyl/N-ethyl adjacent to an activating group) is 1. The van der Waals surface area contributed by atoms with E-state index in [0.29, 0.717) is 12.1 Å². The quantitative estimate of drug-likeness (QED) is 0.796. The Labute approximate surface area is 147 Å². The molecule has 2 rings (SSSR count). The molecule has 0 fully saturated rings. The van der Waals surface area contributed by atoms with Gasteiger partial charge in [0.2, 0.25) is 0 Å². The number of benzene rings is 2. The van der Waals surface area contributed by atoms with Gasteiger partial charge in [-0.25, -0.2) is 0 Å². The number of nitrogens with one attached hydrogen (secondary N) is 1. The van der Waals surface area contributed by atoms with Gasteiger partial charge in [0, 0.05) is 12.6 Å². The van der Waals surface area contributed by atoms with Crippen LogP contribution in [0.15, 0.2) is 60.8 Å². The molecule has 2 nitrogen and oxygen atoms in total. The summed E-state index contributed by atoms with van der Waals surface area (Å²) in [6.45, 7) is 0.706. The summed E-state index contributed by atoms with van der Waals surface area (Å²) >= 11 is 0. The monoisotopic (exact) mass is 348 g/mol. The SMILES string of the molecule is CN(C)C(CN/C=C/c1cccc(C(F)(F)F)c1)Cc1ccccc1. The third-order valence-electron chi connectivity index (χ3n) is 4.01. The van der Waals surface area contributed by atoms with Crippen molar-refractivity contribution in [1.29, 1.82) is 0 Å². The topological polar surface area (TPSA) is 15.3 Å². The lowest BCUT2D eigenvalue weighted by Gasteiger charge is -2.24. The third kappa shape index (κ3) is 6.27. The highest BCUT2D eigenvalue weighted by Gasteiger charge is 2.30. The molecule has 0 aliphatic heterocycles. The van der Waals surface area contributed by atoms with Crippen LogP contribution in [0, 0.1) is 0 Å². The fourth-order valence-corrected chi connectivity index (χ4v) is 2.50. The predicted molar refractivity (Wildman–Crippen MR) is 96.1 cm³/mol. The van der Waals surface area contributed by atoms with Crippen LogP contribution >= 0.6 is 0 Å². The van der Waals surface area contributed by atoms with Crippen molar-refractivity contribution in [1.82, 2.24) is 10.2 Å². The number of nitrogens with zero attached hydrogens (tertiary/aromatic N) is 1. The van der Waals surface area contributed by atoms with E-state index in [4.69, 9.17) is 0 Å². The molecule has 0 heterocycles. The summed E-state index contributed by atoms with van der Waals surface area (Å²) in [5.74, 6) is 0. The maximum atomic E-state index is 12.7. The van der Waals surface area contributed by atoms with Gasteiger partial charge in [0.25, 0.3) is 0 Å². The lowest BCUT2D eigenvalue weighted by atomic mass is 10.1. The maximum absolute atomic E-state index is 12.7. The molecule has 134 valence electrons. The third-order valence-corrected chi connectivity index (χ3v) is 4.01. The lowest BCUT2D eigenvalue weighted by molar-refractivity contribution is -0.137. The van der Waals surface area contributed by atoms with E-state index in [-0.39, 0.29) is 6.04 Å². The average molecular weight is 348 g/mol. The van der Waals surface area contributed by atoms with Gasteiger partial charge in [-0.15, -0.1) is 0 Å². The molecule has 1 atom stereocenters. The van der Waals surface area contributed by atoms with E-state index in [0.717, 1.165) is 18.6 Å². The molecule has 0 aliphatic carbocycles. The minimum atomic E-state index is -4.32. The van der Waals surface area contributed by atoms with E-state index in [1.807, 2.05) is 32.3 Å². The van der Waals surface area contributed by atoms with Crippen LogP contribution in [-0.4, -0.2) is 31.6 Å². The highest BCUT2D eigenvalue weighted by Crippen LogP contribution is 2.29. The summed E-state index contributed by atoms with van der Waals surface area (Å²) in [5, 5.41) is 3.19. The van der Waals surface area contributed by atoms with Crippen LogP contribution in [0.25, 0.3) is 6.08 Å². The first kappa shape index (κ1) is 19.1. The molecule has 0 saturated heterocycles. The molecule has 0 aliphatic rings. The predicted octanol–water partition coefficient (Wildman–Crippen LogP) is 4.44. The lowest BCUT2D eigenvalue weighted by Crippen LogP contribution is -2.37. The second-order valence-electron chi connectivity index (χ2n) is 6.17. The molecular weight excluding hydrogens is 325 g/mol. The van der Waals surface area contributed by atoms with E-state index >= 15 is 0 Å². The molecular formula is C20H23F3N2. The molecule has 0 saturated carbocycles. The van der Waals surface area contributed by atoms with Gasteiger partial charge in [-0.2, -0.15) is 13.2 Å². The Hall–Kier alpha value is -2.27. The minimum absolute atomic E-state index is 0.286. The minimum Gasteiger partial charge on any atom is -0.389 e. The molecule has 0 spiro atoms. The molecule has 0 amide bonds. The molecule has 2 aromatic carbocycles. The first-order chi connectivity index (χ1) is 11.9. The van der Waals surface area contributed by atoms with Crippen LogP contribution in [0.3, 0.4) is 0 Å². The summed E-state index contributed by atoms with van der Waals surface area (Å²) in [4.78, 5) is 2.14. The van der Waals surface area contributed by atoms with Gasteiger partial charge in [0.05, 0.1) is 5.56 Å². The second kappa shape index (κ2) is 8.72. The number of hydrogen-bond acceptors (Lipinski definition) is 2. The van der Waals surface area contributed by atoms with Crippen molar-refractivity contribution in [2.24, 2.45) is 0 Å². The van der Waals surface area contributed by atoms with Crippen molar-refractivity contribution in [3.05, 3.63) is 77.5 Å². The van der Waals surface area contributed by atoms with Crippen molar-refractivity contribution < 1.29 is 13.2 Å². The van der Waals surface area contributed by atoms with Gasteiger partial charge in [0.1, 0.15) is 0 Å². The molecule has 25 heavy (non-hydrogen) atoms. The van der Waals surface area contributed by atoms with E-state index < -0.39 is 11.7 Å². The van der Waals surface area contributed by atoms with Gasteiger partial charge in [0.15, 0.2) is 0 Å². The molecule has 1 N–H and O–H groups in total. The van der Waals surface area contributed by atoms with E-state index in [2.05, 4.69) is 22.3 Å². The first-order valence-corrected chi connectivity index (χ1v) is 8.14. The smallest absolute Gasteiger partial charge is 0.389 e. The summed E-state index contributed by atoms with van der Waals surface area (Å²) in [6, 6.07) is 15.8. The van der Waals surface area contributed by atoms with Crippen molar-refractivity contribution in [2.45, 2.75) is 18.6 Å². The molecule has 1 unspecified atom stereocenters. The van der Waals surface area contributed by atoms with Gasteiger partial charge >= 0.3 is 6.18 Å². The zero-order valence-electron chi connectivity index (χ0n) is 14.4. The molecule has 0 radical (unpaired) electrons. The van der Waals surface area contributed by atoms with Crippen LogP contribution in [-0.2, 0) is 12.6 Å². The fourth-order valence-electron chi connectivity index (χ4n) is 2.50. The summed E-state index contributed by atoms with van der Waals surface area (Å²) in [7, 11) is 4.04. The Bertz CT molecular complexity index is 679. The number of alkyl halides is 3. The van der Waals surface area contributed by atoms with Gasteiger partial charge in [-0.3, -0.25) is 0 Å². The summed E-state index contributed by atoms with van der Waals surface area (Å²) in [5.41, 5.74) is 1.14. The van der Waals surface area contributed by atoms with E-state index in [1.165, 1.54) is 11.6 Å². The highest BCUT2D eigenvalue weighted by atomic mass is 19.4.